The fourth-order valence-electron chi connectivity index (χ4n) is 2.40. The predicted molar refractivity (Wildman–Crippen MR) is 110 cm³/mol. The normalized spacial score (nSPS) is 11.0. The first-order valence-corrected chi connectivity index (χ1v) is 10.2. The summed E-state index contributed by atoms with van der Waals surface area (Å²) in [6.45, 7) is 6.57. The molecule has 0 unspecified atom stereocenters. The molecule has 1 aromatic carbocycles. The lowest BCUT2D eigenvalue weighted by molar-refractivity contribution is 0.0943. The van der Waals surface area contributed by atoms with Crippen molar-refractivity contribution in [3.63, 3.8) is 0 Å². The molecule has 2 heterocycles. The van der Waals surface area contributed by atoms with Crippen molar-refractivity contribution in [2.75, 3.05) is 6.54 Å². The van der Waals surface area contributed by atoms with Gasteiger partial charge in [-0.15, -0.1) is 5.10 Å². The zero-order valence-corrected chi connectivity index (χ0v) is 17.5. The van der Waals surface area contributed by atoms with E-state index in [-0.39, 0.29) is 5.91 Å². The summed E-state index contributed by atoms with van der Waals surface area (Å²) >= 11 is 7.69. The number of carbonyl (C=O) groups excluding carboxylic acids is 1. The number of carbonyl (C=O) groups is 1. The van der Waals surface area contributed by atoms with E-state index >= 15 is 0 Å². The van der Waals surface area contributed by atoms with Crippen molar-refractivity contribution in [2.24, 2.45) is 5.92 Å². The Kier molecular flexibility index (Phi) is 6.64. The Hall–Kier alpha value is -2.45. The van der Waals surface area contributed by atoms with Gasteiger partial charge in [0.15, 0.2) is 10.9 Å². The van der Waals surface area contributed by atoms with E-state index in [0.717, 1.165) is 11.3 Å². The SMILES string of the molecule is Cc1ccc(-n2nnc(C(=O)NCC(C)C)c2CSc2ncccn2)cc1Cl. The molecule has 0 radical (unpaired) electrons. The van der Waals surface area contributed by atoms with Crippen molar-refractivity contribution in [3.8, 4) is 5.69 Å². The molecule has 146 valence electrons. The third-order valence-electron chi connectivity index (χ3n) is 3.93. The lowest BCUT2D eigenvalue weighted by Crippen LogP contribution is -2.28. The first-order chi connectivity index (χ1) is 13.5. The second-order valence-corrected chi connectivity index (χ2v) is 8.00. The Balaban J connectivity index is 1.94. The molecule has 28 heavy (non-hydrogen) atoms. The van der Waals surface area contributed by atoms with Gasteiger partial charge < -0.3 is 5.32 Å². The summed E-state index contributed by atoms with van der Waals surface area (Å²) in [6.07, 6.45) is 3.36. The molecule has 3 rings (SSSR count). The molecule has 0 saturated heterocycles. The Morgan fingerprint density at radius 3 is 2.71 bits per heavy atom. The molecule has 0 aliphatic heterocycles. The van der Waals surface area contributed by atoms with Gasteiger partial charge in [-0.2, -0.15) is 0 Å². The topological polar surface area (TPSA) is 85.6 Å². The number of nitrogens with zero attached hydrogens (tertiary/aromatic N) is 5. The number of aromatic nitrogens is 5. The third-order valence-corrected chi connectivity index (χ3v) is 5.22. The minimum atomic E-state index is -0.247. The second-order valence-electron chi connectivity index (χ2n) is 6.65. The van der Waals surface area contributed by atoms with E-state index in [1.807, 2.05) is 39.0 Å². The zero-order valence-electron chi connectivity index (χ0n) is 15.9. The predicted octanol–water partition coefficient (Wildman–Crippen LogP) is 3.70. The van der Waals surface area contributed by atoms with Crippen molar-refractivity contribution in [1.29, 1.82) is 0 Å². The molecule has 0 saturated carbocycles. The van der Waals surface area contributed by atoms with Crippen molar-refractivity contribution in [2.45, 2.75) is 31.7 Å². The van der Waals surface area contributed by atoms with Crippen LogP contribution in [0.5, 0.6) is 0 Å². The first-order valence-electron chi connectivity index (χ1n) is 8.85. The number of halogens is 1. The van der Waals surface area contributed by atoms with Crippen LogP contribution in [0.4, 0.5) is 0 Å². The highest BCUT2D eigenvalue weighted by atomic mass is 35.5. The number of hydrogen-bond acceptors (Lipinski definition) is 6. The Labute approximate surface area is 172 Å². The van der Waals surface area contributed by atoms with Gasteiger partial charge in [-0.25, -0.2) is 14.6 Å². The van der Waals surface area contributed by atoms with Crippen molar-refractivity contribution in [3.05, 3.63) is 58.6 Å². The average Bonchev–Trinajstić information content (AvgIpc) is 3.11. The Morgan fingerprint density at radius 2 is 2.04 bits per heavy atom. The maximum atomic E-state index is 12.7. The van der Waals surface area contributed by atoms with Crippen LogP contribution in [0.3, 0.4) is 0 Å². The molecular formula is C19H21ClN6OS. The van der Waals surface area contributed by atoms with Crippen LogP contribution in [0, 0.1) is 12.8 Å². The average molecular weight is 417 g/mol. The molecular weight excluding hydrogens is 396 g/mol. The standard InChI is InChI=1S/C19H21ClN6OS/c1-12(2)10-23-18(27)17-16(11-28-19-21-7-4-8-22-19)26(25-24-17)14-6-5-13(3)15(20)9-14/h4-9,12H,10-11H2,1-3H3,(H,23,27). The third kappa shape index (κ3) is 4.88. The number of benzene rings is 1. The zero-order chi connectivity index (χ0) is 20.1. The quantitative estimate of drug-likeness (QED) is 0.467. The molecule has 1 amide bonds. The van der Waals surface area contributed by atoms with Crippen LogP contribution in [0.25, 0.3) is 5.69 Å². The Morgan fingerprint density at radius 1 is 1.29 bits per heavy atom. The number of hydrogen-bond donors (Lipinski definition) is 1. The van der Waals surface area contributed by atoms with E-state index in [4.69, 9.17) is 11.6 Å². The minimum absolute atomic E-state index is 0.247. The summed E-state index contributed by atoms with van der Waals surface area (Å²) in [5.74, 6) is 0.528. The highest BCUT2D eigenvalue weighted by Gasteiger charge is 2.21. The van der Waals surface area contributed by atoms with Gasteiger partial charge in [0.25, 0.3) is 5.91 Å². The largest absolute Gasteiger partial charge is 0.350 e. The van der Waals surface area contributed by atoms with E-state index in [0.29, 0.717) is 39.8 Å². The summed E-state index contributed by atoms with van der Waals surface area (Å²) in [6, 6.07) is 7.39. The smallest absolute Gasteiger partial charge is 0.273 e. The number of nitrogens with one attached hydrogen (secondary N) is 1. The second kappa shape index (κ2) is 9.16. The number of aryl methyl sites for hydroxylation is 1. The first kappa shape index (κ1) is 20.3. The van der Waals surface area contributed by atoms with E-state index < -0.39 is 0 Å². The summed E-state index contributed by atoms with van der Waals surface area (Å²) in [7, 11) is 0. The van der Waals surface area contributed by atoms with Crippen LogP contribution in [-0.4, -0.2) is 37.4 Å². The fourth-order valence-corrected chi connectivity index (χ4v) is 3.37. The summed E-state index contributed by atoms with van der Waals surface area (Å²) < 4.78 is 1.64. The number of rotatable bonds is 7. The van der Waals surface area contributed by atoms with Gasteiger partial charge in [0.2, 0.25) is 0 Å². The Bertz CT molecular complexity index is 960. The maximum Gasteiger partial charge on any atom is 0.273 e. The molecule has 9 heteroatoms. The molecule has 0 fully saturated rings. The van der Waals surface area contributed by atoms with Gasteiger partial charge in [-0.05, 0) is 36.6 Å². The van der Waals surface area contributed by atoms with Crippen molar-refractivity contribution < 1.29 is 4.79 Å². The van der Waals surface area contributed by atoms with Crippen molar-refractivity contribution >= 4 is 29.3 Å². The van der Waals surface area contributed by atoms with Crippen molar-refractivity contribution in [1.82, 2.24) is 30.3 Å². The molecule has 0 aliphatic carbocycles. The molecule has 3 aromatic rings. The van der Waals surface area contributed by atoms with Gasteiger partial charge >= 0.3 is 0 Å². The van der Waals surface area contributed by atoms with E-state index in [2.05, 4.69) is 25.6 Å². The molecule has 2 aromatic heterocycles. The minimum Gasteiger partial charge on any atom is -0.350 e. The summed E-state index contributed by atoms with van der Waals surface area (Å²) in [5, 5.41) is 12.5. The fraction of sp³-hybridized carbons (Fsp3) is 0.316. The van der Waals surface area contributed by atoms with Crippen LogP contribution >= 0.6 is 23.4 Å². The van der Waals surface area contributed by atoms with Crippen LogP contribution in [0.2, 0.25) is 5.02 Å². The molecule has 0 spiro atoms. The molecule has 0 bridgehead atoms. The van der Waals surface area contributed by atoms with E-state index in [1.165, 1.54) is 11.8 Å². The monoisotopic (exact) mass is 416 g/mol. The van der Waals surface area contributed by atoms with Gasteiger partial charge in [0, 0.05) is 29.7 Å². The molecule has 7 nitrogen and oxygen atoms in total. The van der Waals surface area contributed by atoms with Gasteiger partial charge in [-0.3, -0.25) is 4.79 Å². The highest BCUT2D eigenvalue weighted by molar-refractivity contribution is 7.98. The van der Waals surface area contributed by atoms with E-state index in [1.54, 1.807) is 23.1 Å². The van der Waals surface area contributed by atoms with E-state index in [9.17, 15) is 4.79 Å². The van der Waals surface area contributed by atoms with Gasteiger partial charge in [0.05, 0.1) is 11.4 Å². The number of amides is 1. The summed E-state index contributed by atoms with van der Waals surface area (Å²) in [4.78, 5) is 21.1. The van der Waals surface area contributed by atoms with Crippen LogP contribution in [0.15, 0.2) is 41.8 Å². The number of thioether (sulfide) groups is 1. The lowest BCUT2D eigenvalue weighted by atomic mass is 10.2. The molecule has 0 aliphatic rings. The van der Waals surface area contributed by atoms with Crippen LogP contribution in [0.1, 0.15) is 35.6 Å². The van der Waals surface area contributed by atoms with Crippen LogP contribution < -0.4 is 5.32 Å². The lowest BCUT2D eigenvalue weighted by Gasteiger charge is -2.10. The maximum absolute atomic E-state index is 12.7. The summed E-state index contributed by atoms with van der Waals surface area (Å²) in [5.41, 5.74) is 2.67. The van der Waals surface area contributed by atoms with Gasteiger partial charge in [-0.1, -0.05) is 48.5 Å². The van der Waals surface area contributed by atoms with Crippen LogP contribution in [-0.2, 0) is 5.75 Å². The highest BCUT2D eigenvalue weighted by Crippen LogP contribution is 2.25. The van der Waals surface area contributed by atoms with Gasteiger partial charge in [0.1, 0.15) is 0 Å². The molecule has 0 atom stereocenters. The molecule has 1 N–H and O–H groups in total.